The van der Waals surface area contributed by atoms with E-state index in [2.05, 4.69) is 11.8 Å². The van der Waals surface area contributed by atoms with Crippen molar-refractivity contribution >= 4 is 11.9 Å². The van der Waals surface area contributed by atoms with E-state index in [4.69, 9.17) is 15.6 Å². The molecule has 0 heterocycles. The molecule has 0 aromatic heterocycles. The molecule has 0 aliphatic carbocycles. The first-order valence-electron chi connectivity index (χ1n) is 4.73. The monoisotopic (exact) mass is 233 g/mol. The molecule has 0 saturated heterocycles. The summed E-state index contributed by atoms with van der Waals surface area (Å²) in [6.45, 7) is 0. The van der Waals surface area contributed by atoms with Gasteiger partial charge in [-0.25, -0.2) is 4.79 Å². The van der Waals surface area contributed by atoms with Crippen molar-refractivity contribution in [3.05, 3.63) is 29.3 Å². The Hall–Kier alpha value is -2.48. The van der Waals surface area contributed by atoms with Crippen molar-refractivity contribution in [1.82, 2.24) is 0 Å². The van der Waals surface area contributed by atoms with Crippen molar-refractivity contribution in [2.24, 2.45) is 5.73 Å². The number of hydrogen-bond acceptors (Lipinski definition) is 3. The van der Waals surface area contributed by atoms with Gasteiger partial charge in [0.15, 0.2) is 0 Å². The molecule has 3 N–H and O–H groups in total. The van der Waals surface area contributed by atoms with Crippen LogP contribution in [0.25, 0.3) is 0 Å². The van der Waals surface area contributed by atoms with Crippen LogP contribution in [0.3, 0.4) is 0 Å². The molecule has 0 bridgehead atoms. The molecule has 1 amide bonds. The number of carbonyl (C=O) groups is 2. The van der Waals surface area contributed by atoms with Gasteiger partial charge in [0.1, 0.15) is 11.3 Å². The summed E-state index contributed by atoms with van der Waals surface area (Å²) in [6, 6.07) is 4.51. The minimum atomic E-state index is -1.10. The smallest absolute Gasteiger partial charge is 0.339 e. The molecule has 0 unspecified atom stereocenters. The van der Waals surface area contributed by atoms with Crippen LogP contribution in [0.5, 0.6) is 5.75 Å². The number of ether oxygens (including phenoxy) is 1. The molecule has 0 spiro atoms. The third kappa shape index (κ3) is 3.54. The highest BCUT2D eigenvalue weighted by Crippen LogP contribution is 2.19. The molecule has 0 aliphatic rings. The van der Waals surface area contributed by atoms with Crippen molar-refractivity contribution < 1.29 is 19.4 Å². The Balaban J connectivity index is 3.03. The van der Waals surface area contributed by atoms with E-state index in [1.165, 1.54) is 19.2 Å². The van der Waals surface area contributed by atoms with Gasteiger partial charge >= 0.3 is 5.97 Å². The van der Waals surface area contributed by atoms with Gasteiger partial charge in [-0.3, -0.25) is 4.79 Å². The van der Waals surface area contributed by atoms with Crippen LogP contribution in [0.4, 0.5) is 0 Å². The van der Waals surface area contributed by atoms with E-state index < -0.39 is 11.9 Å². The molecule has 0 fully saturated rings. The molecule has 1 rings (SSSR count). The summed E-state index contributed by atoms with van der Waals surface area (Å²) in [5.74, 6) is 3.84. The van der Waals surface area contributed by atoms with Crippen LogP contribution in [-0.4, -0.2) is 24.1 Å². The Bertz CT molecular complexity index is 511. The lowest BCUT2D eigenvalue weighted by Gasteiger charge is -2.04. The second-order valence-corrected chi connectivity index (χ2v) is 3.17. The zero-order valence-corrected chi connectivity index (χ0v) is 9.19. The SMILES string of the molecule is COc1ccc(C#CCC(N)=O)cc1C(=O)O. The number of carboxylic acids is 1. The third-order valence-corrected chi connectivity index (χ3v) is 1.93. The molecular weight excluding hydrogens is 222 g/mol. The zero-order chi connectivity index (χ0) is 12.8. The zero-order valence-electron chi connectivity index (χ0n) is 9.19. The first-order valence-corrected chi connectivity index (χ1v) is 4.73. The van der Waals surface area contributed by atoms with Gasteiger partial charge in [0.2, 0.25) is 5.91 Å². The fourth-order valence-electron chi connectivity index (χ4n) is 1.19. The van der Waals surface area contributed by atoms with Crippen molar-refractivity contribution in [3.63, 3.8) is 0 Å². The number of methoxy groups -OCH3 is 1. The maximum absolute atomic E-state index is 10.9. The molecular formula is C12H11NO4. The van der Waals surface area contributed by atoms with Gasteiger partial charge in [-0.15, -0.1) is 0 Å². The maximum Gasteiger partial charge on any atom is 0.339 e. The van der Waals surface area contributed by atoms with Crippen LogP contribution >= 0.6 is 0 Å². The lowest BCUT2D eigenvalue weighted by molar-refractivity contribution is -0.117. The maximum atomic E-state index is 10.9. The van der Waals surface area contributed by atoms with E-state index in [1.807, 2.05) is 0 Å². The molecule has 0 aliphatic heterocycles. The topological polar surface area (TPSA) is 89.6 Å². The number of primary amides is 1. The van der Waals surface area contributed by atoms with Gasteiger partial charge in [-0.05, 0) is 18.2 Å². The summed E-state index contributed by atoms with van der Waals surface area (Å²) in [5.41, 5.74) is 5.44. The summed E-state index contributed by atoms with van der Waals surface area (Å²) >= 11 is 0. The Morgan fingerprint density at radius 3 is 2.71 bits per heavy atom. The Kier molecular flexibility index (Phi) is 4.12. The first kappa shape index (κ1) is 12.6. The minimum absolute atomic E-state index is 0.0263. The summed E-state index contributed by atoms with van der Waals surface area (Å²) in [6.07, 6.45) is -0.0611. The van der Waals surface area contributed by atoms with E-state index in [1.54, 1.807) is 6.07 Å². The molecule has 0 saturated carbocycles. The number of benzene rings is 1. The molecule has 1 aromatic carbocycles. The van der Waals surface area contributed by atoms with Crippen LogP contribution in [0.2, 0.25) is 0 Å². The summed E-state index contributed by atoms with van der Waals surface area (Å²) < 4.78 is 4.90. The summed E-state index contributed by atoms with van der Waals surface area (Å²) in [4.78, 5) is 21.4. The average molecular weight is 233 g/mol. The summed E-state index contributed by atoms with van der Waals surface area (Å²) in [5, 5.41) is 8.93. The molecule has 0 atom stereocenters. The fourth-order valence-corrected chi connectivity index (χ4v) is 1.19. The van der Waals surface area contributed by atoms with Gasteiger partial charge in [-0.1, -0.05) is 11.8 Å². The molecule has 88 valence electrons. The van der Waals surface area contributed by atoms with Gasteiger partial charge in [0.25, 0.3) is 0 Å². The predicted molar refractivity (Wildman–Crippen MR) is 60.6 cm³/mol. The van der Waals surface area contributed by atoms with Crippen molar-refractivity contribution in [3.8, 4) is 17.6 Å². The number of carbonyl (C=O) groups excluding carboxylic acids is 1. The molecule has 5 nitrogen and oxygen atoms in total. The Labute approximate surface area is 98.2 Å². The number of nitrogens with two attached hydrogens (primary N) is 1. The van der Waals surface area contributed by atoms with Gasteiger partial charge in [0, 0.05) is 5.56 Å². The third-order valence-electron chi connectivity index (χ3n) is 1.93. The molecule has 17 heavy (non-hydrogen) atoms. The van der Waals surface area contributed by atoms with Crippen LogP contribution in [0.15, 0.2) is 18.2 Å². The highest BCUT2D eigenvalue weighted by molar-refractivity contribution is 5.91. The van der Waals surface area contributed by atoms with Crippen LogP contribution in [-0.2, 0) is 4.79 Å². The number of rotatable bonds is 3. The summed E-state index contributed by atoms with van der Waals surface area (Å²) in [7, 11) is 1.39. The Morgan fingerprint density at radius 1 is 1.47 bits per heavy atom. The van der Waals surface area contributed by atoms with E-state index in [0.717, 1.165) is 0 Å². The molecule has 5 heteroatoms. The van der Waals surface area contributed by atoms with E-state index in [-0.39, 0.29) is 17.7 Å². The second-order valence-electron chi connectivity index (χ2n) is 3.17. The number of amides is 1. The number of hydrogen-bond donors (Lipinski definition) is 2. The van der Waals surface area contributed by atoms with Gasteiger partial charge in [-0.2, -0.15) is 0 Å². The van der Waals surface area contributed by atoms with Gasteiger partial charge in [0.05, 0.1) is 13.5 Å². The van der Waals surface area contributed by atoms with Crippen LogP contribution in [0.1, 0.15) is 22.3 Å². The van der Waals surface area contributed by atoms with Crippen molar-refractivity contribution in [1.29, 1.82) is 0 Å². The van der Waals surface area contributed by atoms with E-state index in [9.17, 15) is 9.59 Å². The largest absolute Gasteiger partial charge is 0.496 e. The fraction of sp³-hybridized carbons (Fsp3) is 0.167. The number of aromatic carboxylic acids is 1. The minimum Gasteiger partial charge on any atom is -0.496 e. The van der Waals surface area contributed by atoms with E-state index in [0.29, 0.717) is 5.56 Å². The Morgan fingerprint density at radius 2 is 2.18 bits per heavy atom. The quantitative estimate of drug-likeness (QED) is 0.749. The normalized spacial score (nSPS) is 9.00. The number of carboxylic acid groups (broad SMARTS) is 1. The van der Waals surface area contributed by atoms with Crippen molar-refractivity contribution in [2.75, 3.05) is 7.11 Å². The highest BCUT2D eigenvalue weighted by atomic mass is 16.5. The van der Waals surface area contributed by atoms with Crippen LogP contribution in [0, 0.1) is 11.8 Å². The van der Waals surface area contributed by atoms with E-state index >= 15 is 0 Å². The average Bonchev–Trinajstić information content (AvgIpc) is 2.28. The van der Waals surface area contributed by atoms with Crippen LogP contribution < -0.4 is 10.5 Å². The van der Waals surface area contributed by atoms with Gasteiger partial charge < -0.3 is 15.6 Å². The first-order chi connectivity index (χ1) is 8.04. The lowest BCUT2D eigenvalue weighted by Crippen LogP contribution is -2.08. The predicted octanol–water partition coefficient (Wildman–Crippen LogP) is 0.620. The molecule has 0 radical (unpaired) electrons. The molecule has 1 aromatic rings. The second kappa shape index (κ2) is 5.56. The highest BCUT2D eigenvalue weighted by Gasteiger charge is 2.10. The lowest BCUT2D eigenvalue weighted by atomic mass is 10.1. The standard InChI is InChI=1S/C12H11NO4/c1-17-10-6-5-8(3-2-4-11(13)14)7-9(10)12(15)16/h5-7H,4H2,1H3,(H2,13,14)(H,15,16). The van der Waals surface area contributed by atoms with Crippen molar-refractivity contribution in [2.45, 2.75) is 6.42 Å².